The minimum absolute atomic E-state index is 0.0451. The highest BCUT2D eigenvalue weighted by molar-refractivity contribution is 7.71. The maximum absolute atomic E-state index is 12.6. The molecule has 0 fully saturated rings. The standard InChI is InChI=1S/C16H14N2OS/c1-11-6-5-9-13-14(11)17-16(20)18(15(13)19)10-12-7-3-2-4-8-12/h2-9H,10H2,1H3,(H,17,20). The molecule has 0 aliphatic carbocycles. The Morgan fingerprint density at radius 3 is 2.60 bits per heavy atom. The Bertz CT molecular complexity index is 878. The molecule has 0 saturated heterocycles. The minimum atomic E-state index is -0.0451. The summed E-state index contributed by atoms with van der Waals surface area (Å²) >= 11 is 5.33. The second-order valence-electron chi connectivity index (χ2n) is 4.80. The molecule has 0 atom stereocenters. The van der Waals surface area contributed by atoms with Gasteiger partial charge in [0.1, 0.15) is 0 Å². The third-order valence-corrected chi connectivity index (χ3v) is 3.73. The molecular weight excluding hydrogens is 268 g/mol. The number of aromatic amines is 1. The Kier molecular flexibility index (Phi) is 3.24. The maximum Gasteiger partial charge on any atom is 0.262 e. The van der Waals surface area contributed by atoms with E-state index in [9.17, 15) is 4.79 Å². The predicted molar refractivity (Wildman–Crippen MR) is 83.7 cm³/mol. The van der Waals surface area contributed by atoms with Crippen molar-refractivity contribution in [1.82, 2.24) is 9.55 Å². The van der Waals surface area contributed by atoms with E-state index in [4.69, 9.17) is 12.2 Å². The molecule has 0 amide bonds. The summed E-state index contributed by atoms with van der Waals surface area (Å²) in [6.45, 7) is 2.45. The van der Waals surface area contributed by atoms with Gasteiger partial charge in [-0.15, -0.1) is 0 Å². The number of para-hydroxylation sites is 1. The summed E-state index contributed by atoms with van der Waals surface area (Å²) in [4.78, 5) is 15.7. The molecule has 3 rings (SSSR count). The number of rotatable bonds is 2. The van der Waals surface area contributed by atoms with Gasteiger partial charge >= 0.3 is 0 Å². The van der Waals surface area contributed by atoms with Gasteiger partial charge in [-0.2, -0.15) is 0 Å². The van der Waals surface area contributed by atoms with E-state index in [0.717, 1.165) is 16.6 Å². The minimum Gasteiger partial charge on any atom is -0.331 e. The number of aryl methyl sites for hydroxylation is 1. The Hall–Kier alpha value is -2.20. The van der Waals surface area contributed by atoms with Crippen molar-refractivity contribution in [2.45, 2.75) is 13.5 Å². The second-order valence-corrected chi connectivity index (χ2v) is 5.19. The van der Waals surface area contributed by atoms with Crippen LogP contribution in [0.1, 0.15) is 11.1 Å². The van der Waals surface area contributed by atoms with Crippen molar-refractivity contribution < 1.29 is 0 Å². The second kappa shape index (κ2) is 5.06. The maximum atomic E-state index is 12.6. The number of nitrogens with zero attached hydrogens (tertiary/aromatic N) is 1. The molecule has 1 heterocycles. The van der Waals surface area contributed by atoms with Crippen LogP contribution in [0.4, 0.5) is 0 Å². The zero-order chi connectivity index (χ0) is 14.1. The normalized spacial score (nSPS) is 10.8. The Morgan fingerprint density at radius 2 is 1.85 bits per heavy atom. The number of nitrogens with one attached hydrogen (secondary N) is 1. The van der Waals surface area contributed by atoms with Gasteiger partial charge in [0.2, 0.25) is 0 Å². The molecule has 20 heavy (non-hydrogen) atoms. The van der Waals surface area contributed by atoms with Crippen LogP contribution in [0.2, 0.25) is 0 Å². The number of aromatic nitrogens is 2. The summed E-state index contributed by atoms with van der Waals surface area (Å²) in [5, 5.41) is 0.675. The number of fused-ring (bicyclic) bond motifs is 1. The van der Waals surface area contributed by atoms with Crippen molar-refractivity contribution in [2.75, 3.05) is 0 Å². The van der Waals surface area contributed by atoms with Gasteiger partial charge in [0.15, 0.2) is 4.77 Å². The molecule has 0 saturated carbocycles. The van der Waals surface area contributed by atoms with Gasteiger partial charge in [0.25, 0.3) is 5.56 Å². The fraction of sp³-hybridized carbons (Fsp3) is 0.125. The molecule has 100 valence electrons. The van der Waals surface area contributed by atoms with Crippen LogP contribution in [-0.4, -0.2) is 9.55 Å². The molecular formula is C16H14N2OS. The van der Waals surface area contributed by atoms with Gasteiger partial charge in [-0.05, 0) is 36.3 Å². The van der Waals surface area contributed by atoms with Crippen molar-refractivity contribution in [1.29, 1.82) is 0 Å². The molecule has 4 heteroatoms. The lowest BCUT2D eigenvalue weighted by Gasteiger charge is -2.09. The largest absolute Gasteiger partial charge is 0.331 e. The zero-order valence-electron chi connectivity index (χ0n) is 11.1. The summed E-state index contributed by atoms with van der Waals surface area (Å²) < 4.78 is 2.06. The highest BCUT2D eigenvalue weighted by Gasteiger charge is 2.07. The average Bonchev–Trinajstić information content (AvgIpc) is 2.46. The quantitative estimate of drug-likeness (QED) is 0.731. The first-order valence-corrected chi connectivity index (χ1v) is 6.84. The third-order valence-electron chi connectivity index (χ3n) is 3.41. The number of hydrogen-bond donors (Lipinski definition) is 1. The predicted octanol–water partition coefficient (Wildman–Crippen LogP) is 3.42. The first-order valence-electron chi connectivity index (χ1n) is 6.43. The summed E-state index contributed by atoms with van der Waals surface area (Å²) in [5.41, 5.74) is 2.86. The van der Waals surface area contributed by atoms with E-state index in [1.165, 1.54) is 0 Å². The fourth-order valence-corrected chi connectivity index (χ4v) is 2.58. The first kappa shape index (κ1) is 12.8. The van der Waals surface area contributed by atoms with E-state index < -0.39 is 0 Å². The number of hydrogen-bond acceptors (Lipinski definition) is 2. The van der Waals surface area contributed by atoms with Crippen LogP contribution in [0.3, 0.4) is 0 Å². The zero-order valence-corrected chi connectivity index (χ0v) is 11.9. The molecule has 3 nitrogen and oxygen atoms in total. The topological polar surface area (TPSA) is 37.8 Å². The third kappa shape index (κ3) is 2.18. The van der Waals surface area contributed by atoms with Crippen molar-refractivity contribution in [3.63, 3.8) is 0 Å². The molecule has 1 aromatic heterocycles. The first-order chi connectivity index (χ1) is 9.66. The van der Waals surface area contributed by atoms with Crippen LogP contribution in [-0.2, 0) is 6.54 Å². The van der Waals surface area contributed by atoms with Gasteiger partial charge in [-0.1, -0.05) is 42.5 Å². The van der Waals surface area contributed by atoms with Crippen LogP contribution in [0.5, 0.6) is 0 Å². The van der Waals surface area contributed by atoms with E-state index in [0.29, 0.717) is 16.7 Å². The highest BCUT2D eigenvalue weighted by Crippen LogP contribution is 2.12. The summed E-state index contributed by atoms with van der Waals surface area (Å²) in [6.07, 6.45) is 0. The lowest BCUT2D eigenvalue weighted by Crippen LogP contribution is -2.23. The number of benzene rings is 2. The van der Waals surface area contributed by atoms with Crippen LogP contribution >= 0.6 is 12.2 Å². The van der Waals surface area contributed by atoms with E-state index in [-0.39, 0.29) is 5.56 Å². The van der Waals surface area contributed by atoms with E-state index in [1.54, 1.807) is 4.57 Å². The van der Waals surface area contributed by atoms with Gasteiger partial charge in [0.05, 0.1) is 17.4 Å². The van der Waals surface area contributed by atoms with Gasteiger partial charge < -0.3 is 4.98 Å². The molecule has 0 aliphatic rings. The van der Waals surface area contributed by atoms with E-state index in [2.05, 4.69) is 4.98 Å². The number of H-pyrrole nitrogens is 1. The molecule has 0 aliphatic heterocycles. The summed E-state index contributed by atoms with van der Waals surface area (Å²) in [5.74, 6) is 0. The van der Waals surface area contributed by atoms with Crippen molar-refractivity contribution in [2.24, 2.45) is 0 Å². The highest BCUT2D eigenvalue weighted by atomic mass is 32.1. The molecule has 0 bridgehead atoms. The van der Waals surface area contributed by atoms with Gasteiger partial charge in [-0.25, -0.2) is 0 Å². The van der Waals surface area contributed by atoms with Crippen molar-refractivity contribution in [3.8, 4) is 0 Å². The molecule has 0 unspecified atom stereocenters. The average molecular weight is 282 g/mol. The fourth-order valence-electron chi connectivity index (χ4n) is 2.33. The Labute approximate surface area is 121 Å². The van der Waals surface area contributed by atoms with E-state index >= 15 is 0 Å². The SMILES string of the molecule is Cc1cccc2c(=O)n(Cc3ccccc3)c(=S)[nH]c12. The smallest absolute Gasteiger partial charge is 0.262 e. The van der Waals surface area contributed by atoms with Gasteiger partial charge in [-0.3, -0.25) is 9.36 Å². The molecule has 0 radical (unpaired) electrons. The summed E-state index contributed by atoms with van der Waals surface area (Å²) in [7, 11) is 0. The molecule has 0 spiro atoms. The Balaban J connectivity index is 2.22. The van der Waals surface area contributed by atoms with Gasteiger partial charge in [0, 0.05) is 0 Å². The van der Waals surface area contributed by atoms with Crippen LogP contribution in [0.15, 0.2) is 53.3 Å². The molecule has 3 aromatic rings. The monoisotopic (exact) mass is 282 g/mol. The van der Waals surface area contributed by atoms with Crippen molar-refractivity contribution in [3.05, 3.63) is 74.8 Å². The molecule has 2 aromatic carbocycles. The lowest BCUT2D eigenvalue weighted by atomic mass is 10.1. The van der Waals surface area contributed by atoms with Crippen LogP contribution in [0, 0.1) is 11.7 Å². The van der Waals surface area contributed by atoms with E-state index in [1.807, 2.05) is 55.5 Å². The lowest BCUT2D eigenvalue weighted by molar-refractivity contribution is 0.734. The van der Waals surface area contributed by atoms with Crippen molar-refractivity contribution >= 4 is 23.1 Å². The Morgan fingerprint density at radius 1 is 1.10 bits per heavy atom. The van der Waals surface area contributed by atoms with Crippen LogP contribution in [0.25, 0.3) is 10.9 Å². The summed E-state index contributed by atoms with van der Waals surface area (Å²) in [6, 6.07) is 15.5. The van der Waals surface area contributed by atoms with Crippen LogP contribution < -0.4 is 5.56 Å². The molecule has 1 N–H and O–H groups in total.